The molecule has 100 valence electrons. The minimum atomic E-state index is -0.279. The molecule has 1 aromatic heterocycles. The number of carbonyl (C=O) groups is 1. The smallest absolute Gasteiger partial charge is 0.227 e. The molecule has 2 atom stereocenters. The van der Waals surface area contributed by atoms with Gasteiger partial charge < -0.3 is 10.6 Å². The van der Waals surface area contributed by atoms with Gasteiger partial charge in [-0.1, -0.05) is 0 Å². The summed E-state index contributed by atoms with van der Waals surface area (Å²) in [5.74, 6) is 0.134. The molecule has 2 unspecified atom stereocenters. The van der Waals surface area contributed by atoms with Crippen LogP contribution in [0.2, 0.25) is 0 Å². The van der Waals surface area contributed by atoms with Crippen molar-refractivity contribution in [3.63, 3.8) is 0 Å². The topological polar surface area (TPSA) is 54.0 Å². The fourth-order valence-corrected chi connectivity index (χ4v) is 3.06. The van der Waals surface area contributed by atoms with Crippen LogP contribution in [-0.4, -0.2) is 24.0 Å². The van der Waals surface area contributed by atoms with E-state index in [4.69, 9.17) is 0 Å². The Kier molecular flexibility index (Phi) is 4.02. The number of hydrogen-bond donors (Lipinski definition) is 2. The lowest BCUT2D eigenvalue weighted by atomic mass is 9.82. The highest BCUT2D eigenvalue weighted by molar-refractivity contribution is 7.09. The predicted octanol–water partition coefficient (Wildman–Crippen LogP) is 2.02. The average molecular weight is 267 g/mol. The number of aryl methyl sites for hydroxylation is 1. The van der Waals surface area contributed by atoms with Crippen molar-refractivity contribution in [1.82, 2.24) is 15.6 Å². The summed E-state index contributed by atoms with van der Waals surface area (Å²) < 4.78 is 0. The molecular weight excluding hydrogens is 246 g/mol. The molecule has 2 rings (SSSR count). The fourth-order valence-electron chi connectivity index (χ4n) is 2.25. The normalized spacial score (nSPS) is 25.7. The van der Waals surface area contributed by atoms with Crippen LogP contribution in [0.5, 0.6) is 0 Å². The third-order valence-corrected chi connectivity index (χ3v) is 4.65. The Labute approximate surface area is 112 Å². The molecule has 0 bridgehead atoms. The molecule has 1 fully saturated rings. The summed E-state index contributed by atoms with van der Waals surface area (Å²) in [5.41, 5.74) is 0.736. The van der Waals surface area contributed by atoms with Gasteiger partial charge in [0.05, 0.1) is 11.5 Å². The Hall–Kier alpha value is -0.940. The Morgan fingerprint density at radius 2 is 2.44 bits per heavy atom. The average Bonchev–Trinajstić information content (AvgIpc) is 2.77. The molecule has 0 saturated carbocycles. The van der Waals surface area contributed by atoms with E-state index in [9.17, 15) is 4.79 Å². The van der Waals surface area contributed by atoms with E-state index in [1.165, 1.54) is 0 Å². The minimum Gasteiger partial charge on any atom is -0.347 e. The van der Waals surface area contributed by atoms with Gasteiger partial charge in [0.15, 0.2) is 0 Å². The van der Waals surface area contributed by atoms with Gasteiger partial charge in [0.2, 0.25) is 5.91 Å². The van der Waals surface area contributed by atoms with Crippen LogP contribution in [0.4, 0.5) is 0 Å². The van der Waals surface area contributed by atoms with Gasteiger partial charge in [0.1, 0.15) is 5.01 Å². The number of thiazole rings is 1. The Morgan fingerprint density at radius 3 is 3.00 bits per heavy atom. The number of amides is 1. The van der Waals surface area contributed by atoms with Crippen molar-refractivity contribution in [2.24, 2.45) is 5.41 Å². The largest absolute Gasteiger partial charge is 0.347 e. The van der Waals surface area contributed by atoms with Gasteiger partial charge in [0, 0.05) is 17.6 Å². The number of carbonyl (C=O) groups excluding carboxylic acids is 1. The van der Waals surface area contributed by atoms with E-state index >= 15 is 0 Å². The van der Waals surface area contributed by atoms with Crippen molar-refractivity contribution in [2.75, 3.05) is 13.1 Å². The third-order valence-electron chi connectivity index (χ3n) is 3.50. The summed E-state index contributed by atoms with van der Waals surface area (Å²) in [6.45, 7) is 7.79. The molecule has 0 aliphatic carbocycles. The zero-order chi connectivity index (χ0) is 13.2. The number of piperidine rings is 1. The zero-order valence-corrected chi connectivity index (χ0v) is 12.1. The lowest BCUT2D eigenvalue weighted by molar-refractivity contribution is -0.131. The van der Waals surface area contributed by atoms with Crippen LogP contribution < -0.4 is 10.6 Å². The molecule has 18 heavy (non-hydrogen) atoms. The number of hydrogen-bond acceptors (Lipinski definition) is 4. The van der Waals surface area contributed by atoms with Crippen LogP contribution in [0.3, 0.4) is 0 Å². The Bertz CT molecular complexity index is 424. The molecule has 5 heteroatoms. The van der Waals surface area contributed by atoms with Crippen molar-refractivity contribution in [2.45, 2.75) is 39.7 Å². The van der Waals surface area contributed by atoms with Gasteiger partial charge in [-0.05, 0) is 40.2 Å². The molecular formula is C13H21N3OS. The summed E-state index contributed by atoms with van der Waals surface area (Å²) in [4.78, 5) is 16.8. The quantitative estimate of drug-likeness (QED) is 0.881. The van der Waals surface area contributed by atoms with Gasteiger partial charge in [-0.15, -0.1) is 11.3 Å². The lowest BCUT2D eigenvalue weighted by Gasteiger charge is -2.33. The van der Waals surface area contributed by atoms with Crippen LogP contribution in [-0.2, 0) is 4.79 Å². The van der Waals surface area contributed by atoms with Gasteiger partial charge in [0.25, 0.3) is 0 Å². The highest BCUT2D eigenvalue weighted by atomic mass is 32.1. The van der Waals surface area contributed by atoms with Gasteiger partial charge in [-0.3, -0.25) is 4.79 Å². The number of rotatable bonds is 3. The molecule has 2 N–H and O–H groups in total. The maximum atomic E-state index is 12.3. The second kappa shape index (κ2) is 5.36. The first-order valence-electron chi connectivity index (χ1n) is 6.45. The first kappa shape index (κ1) is 13.5. The van der Waals surface area contributed by atoms with Gasteiger partial charge >= 0.3 is 0 Å². The van der Waals surface area contributed by atoms with Crippen molar-refractivity contribution >= 4 is 17.2 Å². The second-order valence-corrected chi connectivity index (χ2v) is 6.25. The second-order valence-electron chi connectivity index (χ2n) is 5.36. The molecule has 0 spiro atoms. The van der Waals surface area contributed by atoms with Crippen LogP contribution in [0, 0.1) is 12.3 Å². The highest BCUT2D eigenvalue weighted by Gasteiger charge is 2.35. The van der Waals surface area contributed by atoms with E-state index in [1.807, 2.05) is 26.2 Å². The van der Waals surface area contributed by atoms with Crippen molar-refractivity contribution in [3.05, 3.63) is 16.1 Å². The first-order chi connectivity index (χ1) is 8.51. The number of nitrogens with zero attached hydrogens (tertiary/aromatic N) is 1. The van der Waals surface area contributed by atoms with E-state index in [0.29, 0.717) is 0 Å². The van der Waals surface area contributed by atoms with Crippen LogP contribution in [0.15, 0.2) is 5.38 Å². The fraction of sp³-hybridized carbons (Fsp3) is 0.692. The van der Waals surface area contributed by atoms with Crippen LogP contribution in [0.1, 0.15) is 43.4 Å². The first-order valence-corrected chi connectivity index (χ1v) is 7.33. The minimum absolute atomic E-state index is 0.00467. The molecule has 0 aromatic carbocycles. The predicted molar refractivity (Wildman–Crippen MR) is 73.6 cm³/mol. The summed E-state index contributed by atoms with van der Waals surface area (Å²) in [6.07, 6.45) is 2.02. The molecule has 2 heterocycles. The number of aromatic nitrogens is 1. The monoisotopic (exact) mass is 267 g/mol. The SMILES string of the molecule is Cc1csc(C(C)NC(=O)C2(C)CCCNC2)n1. The zero-order valence-electron chi connectivity index (χ0n) is 11.2. The summed E-state index contributed by atoms with van der Waals surface area (Å²) in [5, 5.41) is 9.38. The molecule has 1 aliphatic rings. The highest BCUT2D eigenvalue weighted by Crippen LogP contribution is 2.27. The molecule has 1 aromatic rings. The van der Waals surface area contributed by atoms with Crippen molar-refractivity contribution in [3.8, 4) is 0 Å². The maximum Gasteiger partial charge on any atom is 0.227 e. The van der Waals surface area contributed by atoms with Crippen molar-refractivity contribution < 1.29 is 4.79 Å². The van der Waals surface area contributed by atoms with Crippen LogP contribution in [0.25, 0.3) is 0 Å². The standard InChI is InChI=1S/C13H21N3OS/c1-9-7-18-11(15-9)10(2)16-12(17)13(3)5-4-6-14-8-13/h7,10,14H,4-6,8H2,1-3H3,(H,16,17). The van der Waals surface area contributed by atoms with Gasteiger partial charge in [-0.2, -0.15) is 0 Å². The Balaban J connectivity index is 1.98. The van der Waals surface area contributed by atoms with Gasteiger partial charge in [-0.25, -0.2) is 4.98 Å². The van der Waals surface area contributed by atoms with E-state index in [-0.39, 0.29) is 17.4 Å². The molecule has 1 amide bonds. The summed E-state index contributed by atoms with van der Waals surface area (Å²) >= 11 is 1.60. The molecule has 1 saturated heterocycles. The third kappa shape index (κ3) is 2.90. The summed E-state index contributed by atoms with van der Waals surface area (Å²) in [6, 6.07) is -0.00467. The van der Waals surface area contributed by atoms with E-state index in [2.05, 4.69) is 15.6 Å². The van der Waals surface area contributed by atoms with E-state index in [1.54, 1.807) is 11.3 Å². The number of nitrogens with one attached hydrogen (secondary N) is 2. The van der Waals surface area contributed by atoms with E-state index < -0.39 is 0 Å². The summed E-state index contributed by atoms with van der Waals surface area (Å²) in [7, 11) is 0. The molecule has 4 nitrogen and oxygen atoms in total. The van der Waals surface area contributed by atoms with Crippen molar-refractivity contribution in [1.29, 1.82) is 0 Å². The lowest BCUT2D eigenvalue weighted by Crippen LogP contribution is -2.49. The van der Waals surface area contributed by atoms with E-state index in [0.717, 1.165) is 36.6 Å². The maximum absolute atomic E-state index is 12.3. The molecule has 1 aliphatic heterocycles. The molecule has 0 radical (unpaired) electrons. The Morgan fingerprint density at radius 1 is 1.67 bits per heavy atom. The van der Waals surface area contributed by atoms with Crippen LogP contribution >= 0.6 is 11.3 Å².